The minimum Gasteiger partial charge on any atom is -0.494 e. The van der Waals surface area contributed by atoms with Crippen LogP contribution in [0.1, 0.15) is 35.7 Å². The predicted molar refractivity (Wildman–Crippen MR) is 137 cm³/mol. The van der Waals surface area contributed by atoms with Crippen LogP contribution in [0.25, 0.3) is 22.8 Å². The van der Waals surface area contributed by atoms with Gasteiger partial charge in [0.25, 0.3) is 5.91 Å². The summed E-state index contributed by atoms with van der Waals surface area (Å²) in [5.41, 5.74) is 3.64. The highest BCUT2D eigenvalue weighted by molar-refractivity contribution is 6.00. The molecule has 5 nitrogen and oxygen atoms in total. The van der Waals surface area contributed by atoms with Gasteiger partial charge in [-0.2, -0.15) is 0 Å². The van der Waals surface area contributed by atoms with Gasteiger partial charge >= 0.3 is 0 Å². The predicted octanol–water partition coefficient (Wildman–Crippen LogP) is 6.50. The molecule has 5 heteroatoms. The third kappa shape index (κ3) is 5.29. The van der Waals surface area contributed by atoms with Gasteiger partial charge in [0, 0.05) is 24.2 Å². The normalized spacial score (nSPS) is 14.1. The third-order valence-electron chi connectivity index (χ3n) is 6.61. The molecule has 0 unspecified atom stereocenters. The minimum atomic E-state index is 0.0413. The fourth-order valence-corrected chi connectivity index (χ4v) is 4.73. The van der Waals surface area contributed by atoms with Crippen molar-refractivity contribution in [3.8, 4) is 28.5 Å². The summed E-state index contributed by atoms with van der Waals surface area (Å²) in [6.45, 7) is 4.13. The van der Waals surface area contributed by atoms with Gasteiger partial charge in [-0.1, -0.05) is 42.5 Å². The molecule has 1 aromatic heterocycles. The molecule has 0 spiro atoms. The number of amides is 1. The summed E-state index contributed by atoms with van der Waals surface area (Å²) in [5, 5.41) is 0. The first kappa shape index (κ1) is 22.9. The van der Waals surface area contributed by atoms with E-state index in [-0.39, 0.29) is 5.91 Å². The summed E-state index contributed by atoms with van der Waals surface area (Å²) in [6, 6.07) is 25.9. The lowest BCUT2D eigenvalue weighted by molar-refractivity contribution is 0.0691. The summed E-state index contributed by atoms with van der Waals surface area (Å²) in [4.78, 5) is 19.9. The van der Waals surface area contributed by atoms with Crippen molar-refractivity contribution in [2.24, 2.45) is 5.92 Å². The Hall–Kier alpha value is -3.86. The van der Waals surface area contributed by atoms with Crippen LogP contribution in [-0.2, 0) is 6.42 Å². The van der Waals surface area contributed by atoms with E-state index in [0.29, 0.717) is 29.7 Å². The molecule has 1 fully saturated rings. The van der Waals surface area contributed by atoms with Crippen molar-refractivity contribution in [2.75, 3.05) is 19.7 Å². The number of carbonyl (C=O) groups is 1. The van der Waals surface area contributed by atoms with Gasteiger partial charge in [0.05, 0.1) is 18.4 Å². The maximum Gasteiger partial charge on any atom is 0.254 e. The number of piperidine rings is 1. The second-order valence-electron chi connectivity index (χ2n) is 8.96. The van der Waals surface area contributed by atoms with Crippen molar-refractivity contribution in [2.45, 2.75) is 26.2 Å². The molecule has 0 radical (unpaired) electrons. The zero-order valence-corrected chi connectivity index (χ0v) is 20.0. The number of likely N-dealkylation sites (tertiary alicyclic amines) is 1. The molecule has 3 aromatic carbocycles. The van der Waals surface area contributed by atoms with Crippen molar-refractivity contribution in [1.82, 2.24) is 9.88 Å². The van der Waals surface area contributed by atoms with Crippen molar-refractivity contribution < 1.29 is 13.9 Å². The zero-order valence-electron chi connectivity index (χ0n) is 20.0. The van der Waals surface area contributed by atoms with Crippen LogP contribution in [-0.4, -0.2) is 35.5 Å². The zero-order chi connectivity index (χ0) is 24.0. The minimum absolute atomic E-state index is 0.0413. The van der Waals surface area contributed by atoms with Crippen LogP contribution in [0.5, 0.6) is 5.75 Å². The van der Waals surface area contributed by atoms with Gasteiger partial charge in [-0.15, -0.1) is 0 Å². The highest BCUT2D eigenvalue weighted by atomic mass is 16.5. The van der Waals surface area contributed by atoms with Gasteiger partial charge in [0.2, 0.25) is 5.89 Å². The topological polar surface area (TPSA) is 55.6 Å². The molecule has 178 valence electrons. The Morgan fingerprint density at radius 3 is 2.43 bits per heavy atom. The third-order valence-corrected chi connectivity index (χ3v) is 6.61. The molecule has 1 aliphatic heterocycles. The molecule has 0 bridgehead atoms. The maximum absolute atomic E-state index is 13.5. The Bertz CT molecular complexity index is 1260. The number of benzene rings is 3. The highest BCUT2D eigenvalue weighted by Crippen LogP contribution is 2.31. The van der Waals surface area contributed by atoms with Crippen molar-refractivity contribution in [3.63, 3.8) is 0 Å². The first-order valence-corrected chi connectivity index (χ1v) is 12.3. The average Bonchev–Trinajstić information content (AvgIpc) is 3.40. The molecule has 1 aliphatic rings. The lowest BCUT2D eigenvalue weighted by Crippen LogP contribution is -2.39. The molecule has 35 heavy (non-hydrogen) atoms. The summed E-state index contributed by atoms with van der Waals surface area (Å²) >= 11 is 0. The van der Waals surface area contributed by atoms with E-state index in [1.807, 2.05) is 60.4 Å². The molecule has 1 amide bonds. The standard InChI is InChI=1S/C30H30N2O3/c1-2-34-25-14-12-24(13-15-25)28-21-31-29(35-28)26-10-6-7-11-27(26)30(33)32-18-16-23(17-19-32)20-22-8-4-3-5-9-22/h3-15,21,23H,2,16-20H2,1H3. The Kier molecular flexibility index (Phi) is 6.94. The molecule has 4 aromatic rings. The lowest BCUT2D eigenvalue weighted by Gasteiger charge is -2.32. The van der Waals surface area contributed by atoms with E-state index in [2.05, 4.69) is 35.3 Å². The van der Waals surface area contributed by atoms with E-state index in [1.165, 1.54) is 5.56 Å². The van der Waals surface area contributed by atoms with Gasteiger partial charge in [-0.05, 0) is 74.1 Å². The SMILES string of the molecule is CCOc1ccc(-c2cnc(-c3ccccc3C(=O)N3CCC(Cc4ccccc4)CC3)o2)cc1. The van der Waals surface area contributed by atoms with Crippen molar-refractivity contribution in [1.29, 1.82) is 0 Å². The van der Waals surface area contributed by atoms with Crippen LogP contribution in [0.2, 0.25) is 0 Å². The number of nitrogens with zero attached hydrogens (tertiary/aromatic N) is 2. The van der Waals surface area contributed by atoms with E-state index in [1.54, 1.807) is 6.20 Å². The Morgan fingerprint density at radius 2 is 1.69 bits per heavy atom. The molecule has 5 rings (SSSR count). The number of ether oxygens (including phenoxy) is 1. The van der Waals surface area contributed by atoms with Gasteiger partial charge in [0.1, 0.15) is 5.75 Å². The summed E-state index contributed by atoms with van der Waals surface area (Å²) < 4.78 is 11.6. The molecule has 0 atom stereocenters. The Morgan fingerprint density at radius 1 is 0.971 bits per heavy atom. The average molecular weight is 467 g/mol. The number of aromatic nitrogens is 1. The molecular formula is C30H30N2O3. The highest BCUT2D eigenvalue weighted by Gasteiger charge is 2.26. The first-order chi connectivity index (χ1) is 17.2. The van der Waals surface area contributed by atoms with Crippen LogP contribution in [0.3, 0.4) is 0 Å². The van der Waals surface area contributed by atoms with E-state index in [9.17, 15) is 4.79 Å². The van der Waals surface area contributed by atoms with Crippen LogP contribution in [0.4, 0.5) is 0 Å². The number of hydrogen-bond donors (Lipinski definition) is 0. The van der Waals surface area contributed by atoms with E-state index < -0.39 is 0 Å². The molecular weight excluding hydrogens is 436 g/mol. The molecule has 0 N–H and O–H groups in total. The van der Waals surface area contributed by atoms with E-state index >= 15 is 0 Å². The van der Waals surface area contributed by atoms with Crippen LogP contribution < -0.4 is 4.74 Å². The molecule has 1 saturated heterocycles. The number of oxazole rings is 1. The first-order valence-electron chi connectivity index (χ1n) is 12.3. The Labute approximate surface area is 206 Å². The lowest BCUT2D eigenvalue weighted by atomic mass is 9.90. The second-order valence-corrected chi connectivity index (χ2v) is 8.96. The monoisotopic (exact) mass is 466 g/mol. The van der Waals surface area contributed by atoms with Crippen LogP contribution in [0.15, 0.2) is 89.5 Å². The quantitative estimate of drug-likeness (QED) is 0.312. The molecule has 0 saturated carbocycles. The van der Waals surface area contributed by atoms with E-state index in [0.717, 1.165) is 49.2 Å². The van der Waals surface area contributed by atoms with Crippen molar-refractivity contribution >= 4 is 5.91 Å². The van der Waals surface area contributed by atoms with Gasteiger partial charge in [-0.3, -0.25) is 4.79 Å². The second kappa shape index (κ2) is 10.6. The number of carbonyl (C=O) groups excluding carboxylic acids is 1. The largest absolute Gasteiger partial charge is 0.494 e. The number of rotatable bonds is 7. The fourth-order valence-electron chi connectivity index (χ4n) is 4.73. The summed E-state index contributed by atoms with van der Waals surface area (Å²) in [5.74, 6) is 2.59. The van der Waals surface area contributed by atoms with Crippen molar-refractivity contribution in [3.05, 3.63) is 96.2 Å². The van der Waals surface area contributed by atoms with Gasteiger partial charge in [-0.25, -0.2) is 4.98 Å². The van der Waals surface area contributed by atoms with Crippen LogP contribution in [0, 0.1) is 5.92 Å². The van der Waals surface area contributed by atoms with Crippen LogP contribution >= 0.6 is 0 Å². The number of hydrogen-bond acceptors (Lipinski definition) is 4. The van der Waals surface area contributed by atoms with E-state index in [4.69, 9.17) is 9.15 Å². The Balaban J connectivity index is 1.28. The molecule has 0 aliphatic carbocycles. The maximum atomic E-state index is 13.5. The van der Waals surface area contributed by atoms with Gasteiger partial charge in [0.15, 0.2) is 5.76 Å². The van der Waals surface area contributed by atoms with Gasteiger partial charge < -0.3 is 14.1 Å². The summed E-state index contributed by atoms with van der Waals surface area (Å²) in [7, 11) is 0. The summed E-state index contributed by atoms with van der Waals surface area (Å²) in [6.07, 6.45) is 4.82. The fraction of sp³-hybridized carbons (Fsp3) is 0.267. The smallest absolute Gasteiger partial charge is 0.254 e. The molecule has 2 heterocycles.